The Morgan fingerprint density at radius 1 is 1.27 bits per heavy atom. The van der Waals surface area contributed by atoms with Crippen molar-refractivity contribution >= 4 is 35.1 Å². The lowest BCUT2D eigenvalue weighted by Crippen LogP contribution is -2.43. The first-order valence-corrected chi connectivity index (χ1v) is 11.2. The SMILES string of the molecule is CSc1nc(N)nc(N(c2cccc(C(F)(F)F)c2)[C@@H](CCCCN(C)C)C(N)=O)c1C#N. The number of nitrogens with two attached hydrogens (primary N) is 2. The fourth-order valence-electron chi connectivity index (χ4n) is 3.31. The summed E-state index contributed by atoms with van der Waals surface area (Å²) >= 11 is 1.13. The summed E-state index contributed by atoms with van der Waals surface area (Å²) in [6.45, 7) is 0.759. The van der Waals surface area contributed by atoms with Crippen molar-refractivity contribution in [3.63, 3.8) is 0 Å². The molecule has 8 nitrogen and oxygen atoms in total. The largest absolute Gasteiger partial charge is 0.416 e. The van der Waals surface area contributed by atoms with E-state index in [1.807, 2.05) is 25.1 Å². The van der Waals surface area contributed by atoms with Crippen LogP contribution in [-0.4, -0.2) is 53.7 Å². The average molecular weight is 482 g/mol. The minimum atomic E-state index is -4.61. The number of aromatic nitrogens is 2. The molecule has 2 rings (SSSR count). The second kappa shape index (κ2) is 11.2. The van der Waals surface area contributed by atoms with E-state index in [0.717, 1.165) is 36.9 Å². The van der Waals surface area contributed by atoms with E-state index in [2.05, 4.69) is 9.97 Å². The topological polar surface area (TPSA) is 125 Å². The van der Waals surface area contributed by atoms with Crippen molar-refractivity contribution < 1.29 is 18.0 Å². The minimum absolute atomic E-state index is 0.00588. The number of benzene rings is 1. The van der Waals surface area contributed by atoms with E-state index < -0.39 is 23.7 Å². The second-order valence-corrected chi connectivity index (χ2v) is 8.33. The molecular weight excluding hydrogens is 455 g/mol. The van der Waals surface area contributed by atoms with Crippen LogP contribution < -0.4 is 16.4 Å². The highest BCUT2D eigenvalue weighted by atomic mass is 32.2. The standard InChI is InChI=1S/C21H26F3N7OS/c1-30(2)10-5-4-9-16(17(26)32)31(14-8-6-7-13(11-14)21(22,23)24)18-15(12-25)19(33-3)29-20(27)28-18/h6-8,11,16H,4-5,9-10H2,1-3H3,(H2,26,32)(H2,27,28,29)/t16-/m0/s1. The number of unbranched alkanes of at least 4 members (excludes halogenated alkanes) is 1. The molecule has 0 radical (unpaired) electrons. The maximum Gasteiger partial charge on any atom is 0.416 e. The van der Waals surface area contributed by atoms with E-state index in [9.17, 15) is 23.2 Å². The Labute approximate surface area is 194 Å². The molecule has 12 heteroatoms. The van der Waals surface area contributed by atoms with Gasteiger partial charge in [-0.2, -0.15) is 23.4 Å². The van der Waals surface area contributed by atoms with E-state index in [-0.39, 0.29) is 34.5 Å². The molecule has 1 heterocycles. The molecule has 0 aliphatic heterocycles. The zero-order valence-corrected chi connectivity index (χ0v) is 19.4. The third kappa shape index (κ3) is 6.72. The number of hydrogen-bond donors (Lipinski definition) is 2. The summed E-state index contributed by atoms with van der Waals surface area (Å²) in [7, 11) is 3.82. The van der Waals surface area contributed by atoms with Gasteiger partial charge in [-0.25, -0.2) is 4.98 Å². The monoisotopic (exact) mass is 481 g/mol. The molecular formula is C21H26F3N7OS. The lowest BCUT2D eigenvalue weighted by Gasteiger charge is -2.32. The van der Waals surface area contributed by atoms with Crippen LogP contribution in [0.4, 0.5) is 30.6 Å². The number of amides is 1. The fraction of sp³-hybridized carbons (Fsp3) is 0.429. The van der Waals surface area contributed by atoms with Gasteiger partial charge in [0.25, 0.3) is 0 Å². The number of alkyl halides is 3. The summed E-state index contributed by atoms with van der Waals surface area (Å²) in [4.78, 5) is 23.9. The van der Waals surface area contributed by atoms with Crippen LogP contribution in [0.1, 0.15) is 30.4 Å². The van der Waals surface area contributed by atoms with Crippen molar-refractivity contribution in [2.45, 2.75) is 36.5 Å². The van der Waals surface area contributed by atoms with Gasteiger partial charge in [0, 0.05) is 5.69 Å². The van der Waals surface area contributed by atoms with E-state index in [0.29, 0.717) is 6.42 Å². The number of carbonyl (C=O) groups is 1. The first-order chi connectivity index (χ1) is 15.5. The van der Waals surface area contributed by atoms with Crippen LogP contribution in [0.25, 0.3) is 0 Å². The summed E-state index contributed by atoms with van der Waals surface area (Å²) in [6, 6.07) is 5.37. The molecule has 1 atom stereocenters. The lowest BCUT2D eigenvalue weighted by atomic mass is 10.0. The first-order valence-electron chi connectivity index (χ1n) is 10.0. The van der Waals surface area contributed by atoms with Gasteiger partial charge in [0.2, 0.25) is 11.9 Å². The molecule has 0 spiro atoms. The summed E-state index contributed by atoms with van der Waals surface area (Å²) in [5, 5.41) is 10.0. The van der Waals surface area contributed by atoms with Crippen LogP contribution >= 0.6 is 11.8 Å². The van der Waals surface area contributed by atoms with Crippen molar-refractivity contribution in [2.75, 3.05) is 37.5 Å². The van der Waals surface area contributed by atoms with Crippen LogP contribution in [0.3, 0.4) is 0 Å². The lowest BCUT2D eigenvalue weighted by molar-refractivity contribution is -0.137. The highest BCUT2D eigenvalue weighted by molar-refractivity contribution is 7.98. The Morgan fingerprint density at radius 2 is 1.97 bits per heavy atom. The number of halogens is 3. The highest BCUT2D eigenvalue weighted by Crippen LogP contribution is 2.37. The van der Waals surface area contributed by atoms with Gasteiger partial charge in [-0.1, -0.05) is 6.07 Å². The summed E-state index contributed by atoms with van der Waals surface area (Å²) < 4.78 is 40.3. The third-order valence-corrected chi connectivity index (χ3v) is 5.51. The van der Waals surface area contributed by atoms with Gasteiger partial charge in [-0.15, -0.1) is 11.8 Å². The Kier molecular flexibility index (Phi) is 8.90. The molecule has 2 aromatic rings. The molecule has 1 aromatic carbocycles. The molecule has 0 saturated heterocycles. The van der Waals surface area contributed by atoms with Gasteiger partial charge < -0.3 is 21.3 Å². The molecule has 0 aliphatic carbocycles. The summed E-state index contributed by atoms with van der Waals surface area (Å²) in [5.74, 6) is -1.00. The van der Waals surface area contributed by atoms with Gasteiger partial charge in [-0.3, -0.25) is 4.79 Å². The van der Waals surface area contributed by atoms with Gasteiger partial charge >= 0.3 is 6.18 Å². The third-order valence-electron chi connectivity index (χ3n) is 4.83. The first kappa shape index (κ1) is 26.2. The number of anilines is 3. The number of hydrogen-bond acceptors (Lipinski definition) is 8. The number of primary amides is 1. The summed E-state index contributed by atoms with van der Waals surface area (Å²) in [5.41, 5.74) is 10.6. The Morgan fingerprint density at radius 3 is 2.52 bits per heavy atom. The maximum absolute atomic E-state index is 13.4. The Bertz CT molecular complexity index is 1020. The highest BCUT2D eigenvalue weighted by Gasteiger charge is 2.34. The van der Waals surface area contributed by atoms with Gasteiger partial charge in [0.15, 0.2) is 5.82 Å². The van der Waals surface area contributed by atoms with Crippen LogP contribution in [0, 0.1) is 11.3 Å². The predicted octanol–water partition coefficient (Wildman–Crippen LogP) is 3.40. The van der Waals surface area contributed by atoms with Gasteiger partial charge in [-0.05, 0) is 64.4 Å². The van der Waals surface area contributed by atoms with Crippen LogP contribution in [-0.2, 0) is 11.0 Å². The maximum atomic E-state index is 13.4. The molecule has 0 bridgehead atoms. The fourth-order valence-corrected chi connectivity index (χ4v) is 3.84. The normalized spacial score (nSPS) is 12.4. The Balaban J connectivity index is 2.69. The Hall–Kier alpha value is -3.04. The van der Waals surface area contributed by atoms with Crippen molar-refractivity contribution in [1.29, 1.82) is 5.26 Å². The van der Waals surface area contributed by atoms with Crippen LogP contribution in [0.5, 0.6) is 0 Å². The number of rotatable bonds is 10. The van der Waals surface area contributed by atoms with Gasteiger partial charge in [0.05, 0.1) is 5.56 Å². The molecule has 1 amide bonds. The zero-order valence-electron chi connectivity index (χ0n) is 18.6. The quantitative estimate of drug-likeness (QED) is 0.301. The van der Waals surface area contributed by atoms with E-state index in [4.69, 9.17) is 11.5 Å². The molecule has 0 unspecified atom stereocenters. The molecule has 0 aliphatic rings. The van der Waals surface area contributed by atoms with Crippen molar-refractivity contribution in [1.82, 2.24) is 14.9 Å². The van der Waals surface area contributed by atoms with Crippen molar-refractivity contribution in [2.24, 2.45) is 5.73 Å². The smallest absolute Gasteiger partial charge is 0.368 e. The van der Waals surface area contributed by atoms with Crippen molar-refractivity contribution in [3.8, 4) is 6.07 Å². The summed E-state index contributed by atoms with van der Waals surface area (Å²) in [6.07, 6.45) is -1.39. The average Bonchev–Trinajstić information content (AvgIpc) is 2.74. The van der Waals surface area contributed by atoms with E-state index >= 15 is 0 Å². The van der Waals surface area contributed by atoms with Gasteiger partial charge in [0.1, 0.15) is 22.7 Å². The van der Waals surface area contributed by atoms with Crippen LogP contribution in [0.15, 0.2) is 29.3 Å². The molecule has 0 fully saturated rings. The number of carbonyl (C=O) groups excluding carboxylic acids is 1. The number of thioether (sulfide) groups is 1. The van der Waals surface area contributed by atoms with E-state index in [1.54, 1.807) is 6.26 Å². The molecule has 33 heavy (non-hydrogen) atoms. The molecule has 1 aromatic heterocycles. The molecule has 178 valence electrons. The zero-order chi connectivity index (χ0) is 24.8. The van der Waals surface area contributed by atoms with Crippen LogP contribution in [0.2, 0.25) is 0 Å². The second-order valence-electron chi connectivity index (χ2n) is 7.54. The number of nitrogens with zero attached hydrogens (tertiary/aromatic N) is 5. The molecule has 4 N–H and O–H groups in total. The van der Waals surface area contributed by atoms with E-state index in [1.165, 1.54) is 17.0 Å². The number of nitrogen functional groups attached to an aromatic ring is 1. The minimum Gasteiger partial charge on any atom is -0.368 e. The molecule has 0 saturated carbocycles. The van der Waals surface area contributed by atoms with Crippen molar-refractivity contribution in [3.05, 3.63) is 35.4 Å². The predicted molar refractivity (Wildman–Crippen MR) is 122 cm³/mol. The number of nitriles is 1.